The molecule has 3 aromatic heterocycles. The molecule has 0 amide bonds. The molecule has 5 heterocycles. The van der Waals surface area contributed by atoms with E-state index in [1.807, 2.05) is 24.5 Å². The number of aromatic nitrogens is 4. The summed E-state index contributed by atoms with van der Waals surface area (Å²) >= 11 is 0. The predicted octanol–water partition coefficient (Wildman–Crippen LogP) is 3.84. The molecule has 198 valence electrons. The predicted molar refractivity (Wildman–Crippen MR) is 142 cm³/mol. The molecule has 2 atom stereocenters. The first-order valence-corrected chi connectivity index (χ1v) is 13.4. The van der Waals surface area contributed by atoms with Crippen molar-refractivity contribution in [1.29, 1.82) is 5.26 Å². The van der Waals surface area contributed by atoms with Gasteiger partial charge in [-0.25, -0.2) is 18.3 Å². The third kappa shape index (κ3) is 4.13. The van der Waals surface area contributed by atoms with Crippen LogP contribution in [0.15, 0.2) is 55.0 Å². The molecule has 0 spiro atoms. The van der Waals surface area contributed by atoms with E-state index >= 15 is 0 Å². The van der Waals surface area contributed by atoms with E-state index in [0.29, 0.717) is 23.7 Å². The highest BCUT2D eigenvalue weighted by molar-refractivity contribution is 5.75. The molecular formula is C29H28F2N8. The van der Waals surface area contributed by atoms with Crippen LogP contribution in [0.1, 0.15) is 24.0 Å². The Morgan fingerprint density at radius 3 is 2.62 bits per heavy atom. The molecule has 2 saturated heterocycles. The number of piperidine rings is 1. The van der Waals surface area contributed by atoms with Gasteiger partial charge in [0.1, 0.15) is 17.5 Å². The fourth-order valence-corrected chi connectivity index (χ4v) is 6.43. The van der Waals surface area contributed by atoms with Gasteiger partial charge in [-0.3, -0.25) is 14.8 Å². The molecule has 3 aliphatic rings. The topological polar surface area (TPSA) is 76.6 Å². The van der Waals surface area contributed by atoms with Gasteiger partial charge >= 0.3 is 0 Å². The Morgan fingerprint density at radius 2 is 1.85 bits per heavy atom. The van der Waals surface area contributed by atoms with Gasteiger partial charge in [-0.2, -0.15) is 10.4 Å². The number of anilines is 1. The normalized spacial score (nSPS) is 23.2. The van der Waals surface area contributed by atoms with Crippen molar-refractivity contribution in [2.24, 2.45) is 5.92 Å². The van der Waals surface area contributed by atoms with Crippen LogP contribution in [0, 0.1) is 28.9 Å². The van der Waals surface area contributed by atoms with Gasteiger partial charge in [0.2, 0.25) is 0 Å². The molecule has 0 radical (unpaired) electrons. The van der Waals surface area contributed by atoms with Crippen LogP contribution in [0.25, 0.3) is 16.9 Å². The molecule has 0 bridgehead atoms. The van der Waals surface area contributed by atoms with Crippen LogP contribution in [0.4, 0.5) is 14.6 Å². The summed E-state index contributed by atoms with van der Waals surface area (Å²) < 4.78 is 30.7. The first kappa shape index (κ1) is 24.1. The van der Waals surface area contributed by atoms with E-state index in [-0.39, 0.29) is 5.82 Å². The van der Waals surface area contributed by atoms with Crippen molar-refractivity contribution >= 4 is 11.5 Å². The highest BCUT2D eigenvalue weighted by Crippen LogP contribution is 2.63. The SMILES string of the molecule is N#CCN1CCN(Cc2ccc(-c3cnn4ccc(N5CC[C@H]6C[C@]65c5cc(F)ccc5F)nc34)nc2)CC1. The Labute approximate surface area is 225 Å². The number of nitrogens with zero attached hydrogens (tertiary/aromatic N) is 8. The van der Waals surface area contributed by atoms with E-state index in [1.165, 1.54) is 18.2 Å². The van der Waals surface area contributed by atoms with Gasteiger partial charge in [0.05, 0.1) is 35.6 Å². The van der Waals surface area contributed by atoms with Crippen LogP contribution in [0.5, 0.6) is 0 Å². The van der Waals surface area contributed by atoms with E-state index in [4.69, 9.17) is 15.2 Å². The Morgan fingerprint density at radius 1 is 1.00 bits per heavy atom. The smallest absolute Gasteiger partial charge is 0.166 e. The maximum absolute atomic E-state index is 14.8. The monoisotopic (exact) mass is 526 g/mol. The molecule has 0 N–H and O–H groups in total. The van der Waals surface area contributed by atoms with Gasteiger partial charge in [0.25, 0.3) is 0 Å². The second kappa shape index (κ2) is 9.36. The molecular weight excluding hydrogens is 498 g/mol. The second-order valence-electron chi connectivity index (χ2n) is 10.8. The zero-order valence-electron chi connectivity index (χ0n) is 21.5. The number of piperazine rings is 1. The molecule has 3 fully saturated rings. The first-order chi connectivity index (χ1) is 19.0. The summed E-state index contributed by atoms with van der Waals surface area (Å²) in [4.78, 5) is 16.4. The van der Waals surface area contributed by atoms with Crippen molar-refractivity contribution in [2.75, 3.05) is 44.2 Å². The standard InChI is InChI=1S/C29H28F2N8/c30-22-2-3-25(31)24(15-22)29-16-21(29)5-8-38(29)27-6-9-39-28(35-27)23(18-34-39)26-4-1-20(17-33-26)19-37-13-11-36(10-7-32)12-14-37/h1-4,6,9,15,17-18,21H,5,8,10-14,16,19H2/t21-,29+/m0/s1. The molecule has 10 heteroatoms. The third-order valence-electron chi connectivity index (χ3n) is 8.55. The van der Waals surface area contributed by atoms with Gasteiger partial charge < -0.3 is 4.90 Å². The molecule has 39 heavy (non-hydrogen) atoms. The van der Waals surface area contributed by atoms with Crippen molar-refractivity contribution in [1.82, 2.24) is 29.4 Å². The Hall–Kier alpha value is -3.94. The van der Waals surface area contributed by atoms with Gasteiger partial charge in [0.15, 0.2) is 5.65 Å². The van der Waals surface area contributed by atoms with Gasteiger partial charge in [0, 0.05) is 57.2 Å². The zero-order valence-corrected chi connectivity index (χ0v) is 21.5. The van der Waals surface area contributed by atoms with Crippen LogP contribution in [0.3, 0.4) is 0 Å². The summed E-state index contributed by atoms with van der Waals surface area (Å²) in [5.74, 6) is 0.237. The molecule has 7 rings (SSSR count). The molecule has 4 aromatic rings. The van der Waals surface area contributed by atoms with Crippen molar-refractivity contribution in [3.05, 3.63) is 77.8 Å². The number of rotatable bonds is 6. The van der Waals surface area contributed by atoms with Crippen LogP contribution >= 0.6 is 0 Å². The van der Waals surface area contributed by atoms with E-state index in [2.05, 4.69) is 31.9 Å². The Kier molecular flexibility index (Phi) is 5.79. The maximum Gasteiger partial charge on any atom is 0.166 e. The quantitative estimate of drug-likeness (QED) is 0.354. The lowest BCUT2D eigenvalue weighted by molar-refractivity contribution is 0.138. The van der Waals surface area contributed by atoms with Crippen LogP contribution in [-0.4, -0.2) is 68.7 Å². The fourth-order valence-electron chi connectivity index (χ4n) is 6.43. The fraction of sp³-hybridized carbons (Fsp3) is 0.379. The van der Waals surface area contributed by atoms with Crippen molar-refractivity contribution < 1.29 is 8.78 Å². The van der Waals surface area contributed by atoms with Crippen molar-refractivity contribution in [3.63, 3.8) is 0 Å². The highest BCUT2D eigenvalue weighted by atomic mass is 19.1. The van der Waals surface area contributed by atoms with Crippen LogP contribution in [-0.2, 0) is 12.1 Å². The zero-order chi connectivity index (χ0) is 26.6. The van der Waals surface area contributed by atoms with E-state index in [9.17, 15) is 8.78 Å². The first-order valence-electron chi connectivity index (χ1n) is 13.4. The summed E-state index contributed by atoms with van der Waals surface area (Å²) in [6.07, 6.45) is 7.26. The summed E-state index contributed by atoms with van der Waals surface area (Å²) in [6, 6.07) is 12.0. The average molecular weight is 527 g/mol. The van der Waals surface area contributed by atoms with Crippen LogP contribution < -0.4 is 4.90 Å². The average Bonchev–Trinajstić information content (AvgIpc) is 3.33. The van der Waals surface area contributed by atoms with E-state index in [0.717, 1.165) is 74.7 Å². The number of pyridine rings is 1. The molecule has 0 unspecified atom stereocenters. The number of nitriles is 1. The summed E-state index contributed by atoms with van der Waals surface area (Å²) in [5.41, 5.74) is 3.30. The number of hydrogen-bond donors (Lipinski definition) is 0. The van der Waals surface area contributed by atoms with E-state index in [1.54, 1.807) is 10.7 Å². The Bertz CT molecular complexity index is 1570. The lowest BCUT2D eigenvalue weighted by atomic mass is 10.0. The Balaban J connectivity index is 1.13. The lowest BCUT2D eigenvalue weighted by Crippen LogP contribution is -2.45. The summed E-state index contributed by atoms with van der Waals surface area (Å²) in [7, 11) is 0. The van der Waals surface area contributed by atoms with Gasteiger partial charge in [-0.05, 0) is 54.7 Å². The van der Waals surface area contributed by atoms with Gasteiger partial charge in [-0.15, -0.1) is 0 Å². The van der Waals surface area contributed by atoms with Crippen molar-refractivity contribution in [3.8, 4) is 17.3 Å². The minimum absolute atomic E-state index is 0.291. The number of benzene rings is 1. The minimum Gasteiger partial charge on any atom is -0.346 e. The number of hydrogen-bond acceptors (Lipinski definition) is 7. The molecule has 1 saturated carbocycles. The molecule has 1 aromatic carbocycles. The third-order valence-corrected chi connectivity index (χ3v) is 8.55. The van der Waals surface area contributed by atoms with Crippen molar-refractivity contribution in [2.45, 2.75) is 24.9 Å². The number of halogens is 2. The minimum atomic E-state index is -0.544. The molecule has 2 aliphatic heterocycles. The van der Waals surface area contributed by atoms with Gasteiger partial charge in [-0.1, -0.05) is 6.07 Å². The maximum atomic E-state index is 14.8. The molecule has 8 nitrogen and oxygen atoms in total. The lowest BCUT2D eigenvalue weighted by Gasteiger charge is -2.33. The second-order valence-corrected chi connectivity index (χ2v) is 10.8. The molecule has 1 aliphatic carbocycles. The van der Waals surface area contributed by atoms with Crippen LogP contribution in [0.2, 0.25) is 0 Å². The van der Waals surface area contributed by atoms with E-state index < -0.39 is 11.4 Å². The number of fused-ring (bicyclic) bond motifs is 2. The summed E-state index contributed by atoms with van der Waals surface area (Å²) in [5, 5.41) is 13.4. The largest absolute Gasteiger partial charge is 0.346 e. The highest BCUT2D eigenvalue weighted by Gasteiger charge is 2.64. The summed E-state index contributed by atoms with van der Waals surface area (Å²) in [6.45, 7) is 5.72.